The Balaban J connectivity index is 0.000000125. The van der Waals surface area contributed by atoms with Crippen LogP contribution in [-0.2, 0) is 26.2 Å². The van der Waals surface area contributed by atoms with Crippen LogP contribution in [0.15, 0.2) is 344 Å². The summed E-state index contributed by atoms with van der Waals surface area (Å²) in [6.07, 6.45) is 6.34. The van der Waals surface area contributed by atoms with E-state index in [2.05, 4.69) is 19.9 Å². The van der Waals surface area contributed by atoms with Gasteiger partial charge in [-0.2, -0.15) is 0 Å². The number of aromatic nitrogens is 8. The molecule has 0 aliphatic carbocycles. The number of rotatable bonds is 16. The monoisotopic (exact) mass is 1910 g/mol. The molecule has 135 heavy (non-hydrogen) atoms. The topological polar surface area (TPSA) is 341 Å². The minimum Gasteiger partial charge on any atom is -0.505 e. The number of hydrogen-bond donors (Lipinski definition) is 4. The predicted molar refractivity (Wildman–Crippen MR) is 503 cm³/mol. The number of aromatic hydroxyl groups is 4. The number of aryl methyl sites for hydroxylation is 4. The highest BCUT2D eigenvalue weighted by atomic mass is 35.5. The third-order valence-electron chi connectivity index (χ3n) is 21.1. The zero-order chi connectivity index (χ0) is 95.1. The summed E-state index contributed by atoms with van der Waals surface area (Å²) in [5.41, 5.74) is 0.958. The molecule has 0 bridgehead atoms. The zero-order valence-electron chi connectivity index (χ0n) is 70.5. The molecule has 12 aromatic heterocycles. The van der Waals surface area contributed by atoms with Crippen LogP contribution in [0.2, 0.25) is 5.02 Å². The van der Waals surface area contributed by atoms with Crippen molar-refractivity contribution in [3.63, 3.8) is 0 Å². The Morgan fingerprint density at radius 1 is 0.289 bits per heavy atom. The first kappa shape index (κ1) is 91.4. The van der Waals surface area contributed by atoms with Gasteiger partial charge >= 0.3 is 22.5 Å². The van der Waals surface area contributed by atoms with Gasteiger partial charge in [0.25, 0.3) is 22.2 Å². The van der Waals surface area contributed by atoms with Crippen LogP contribution in [0.3, 0.4) is 0 Å². The van der Waals surface area contributed by atoms with E-state index in [1.807, 2.05) is 19.9 Å². The molecule has 24 nitrogen and oxygen atoms in total. The fourth-order valence-electron chi connectivity index (χ4n) is 14.8. The van der Waals surface area contributed by atoms with Crippen LogP contribution >= 0.6 is 58.6 Å². The lowest BCUT2D eigenvalue weighted by atomic mass is 10.1. The summed E-state index contributed by atoms with van der Waals surface area (Å²) in [5, 5.41) is 45.7. The maximum Gasteiger partial charge on any atom is 0.354 e. The molecule has 0 unspecified atom stereocenters. The molecule has 12 heterocycles. The van der Waals surface area contributed by atoms with Gasteiger partial charge in [-0.1, -0.05) is 138 Å². The molecule has 35 heteroatoms. The van der Waals surface area contributed by atoms with Crippen LogP contribution in [0.5, 0.6) is 23.0 Å². The molecule has 0 radical (unpaired) electrons. The van der Waals surface area contributed by atoms with E-state index in [1.165, 1.54) is 109 Å². The Bertz CT molecular complexity index is 8470. The normalized spacial score (nSPS) is 11.4. The second-order valence-electron chi connectivity index (χ2n) is 30.8. The summed E-state index contributed by atoms with van der Waals surface area (Å²) in [6, 6.07) is 56.3. The number of pyridine rings is 8. The van der Waals surface area contributed by atoms with Crippen LogP contribution < -0.4 is 44.7 Å². The second kappa shape index (κ2) is 38.4. The maximum atomic E-state index is 13.6. The van der Waals surface area contributed by atoms with Crippen molar-refractivity contribution in [1.82, 2.24) is 38.2 Å². The summed E-state index contributed by atoms with van der Waals surface area (Å²) >= 11 is 9.67. The van der Waals surface area contributed by atoms with Crippen LogP contribution in [0.1, 0.15) is 44.5 Å². The molecule has 20 aromatic rings. The fourth-order valence-corrected chi connectivity index (χ4v) is 18.6. The van der Waals surface area contributed by atoms with E-state index in [4.69, 9.17) is 29.3 Å². The summed E-state index contributed by atoms with van der Waals surface area (Å²) < 4.78 is 108. The number of benzene rings is 8. The minimum absolute atomic E-state index is 0.0125. The van der Waals surface area contributed by atoms with E-state index >= 15 is 0 Å². The molecular formula is C100H65ClF6N8O16S4. The van der Waals surface area contributed by atoms with Crippen molar-refractivity contribution >= 4 is 147 Å². The average Bonchev–Trinajstić information content (AvgIpc) is 0.747. The van der Waals surface area contributed by atoms with Crippen molar-refractivity contribution in [2.45, 2.75) is 93.0 Å². The first-order chi connectivity index (χ1) is 64.9. The van der Waals surface area contributed by atoms with Crippen molar-refractivity contribution in [3.05, 3.63) is 417 Å². The number of halogens is 7. The van der Waals surface area contributed by atoms with Crippen molar-refractivity contribution in [2.75, 3.05) is 0 Å². The summed E-state index contributed by atoms with van der Waals surface area (Å²) in [5.74, 6) is -4.54. The van der Waals surface area contributed by atoms with Gasteiger partial charge in [-0.15, -0.1) is 0 Å². The fraction of sp³-hybridized carbons (Fsp3) is 0.0800. The van der Waals surface area contributed by atoms with Gasteiger partial charge in [0.1, 0.15) is 98.6 Å². The molecule has 0 aliphatic heterocycles. The Morgan fingerprint density at radius 2 is 0.533 bits per heavy atom. The third kappa shape index (κ3) is 19.1. The van der Waals surface area contributed by atoms with Crippen molar-refractivity contribution in [1.29, 1.82) is 0 Å². The molecule has 4 N–H and O–H groups in total. The lowest BCUT2D eigenvalue weighted by molar-refractivity contribution is 0.445. The standard InChI is InChI=1S/C25H16ClFN2O4S.2C25H16F2N2O4S.C25H17FN2O4S/c1-13-9-18-21-19(20(30)22(25(32)33-21)34-17-4-2-3-15(26)10-17)24(31)29(23(18)28-11-13)12-14-5-7-16(27)8-6-14;1-13-10-18-21-19(20(30)22(25(32)33-21)34-17-8-6-16(27)7-9-17)24(31)29(23(18)28-11-13)12-14-2-4-15(26)5-3-14;1-13-9-18-21-19(20(30)22(25(32)33-21)34-17-4-2-3-16(27)10-17)24(31)29(23(18)28-11-13)12-14-5-7-15(26)8-6-14;1-14-11-18-21-19(20(29)22(25(31)32-21)33-17-5-3-2-4-6-17)24(30)28(23(18)27-12-14)13-15-7-9-16(26)10-8-15/h3*2-11,30H,12H2,1H3;2-12,29H,13H2,1H3. The molecule has 0 amide bonds. The lowest BCUT2D eigenvalue weighted by Gasteiger charge is -2.14. The SMILES string of the molecule is Cc1cnc2c(c1)c1oc(=O)c(Sc3ccc(F)cc3)c(O)c1c(=O)n2Cc1ccc(F)cc1.Cc1cnc2c(c1)c1oc(=O)c(Sc3cccc(Cl)c3)c(O)c1c(=O)n2Cc1ccc(F)cc1.Cc1cnc2c(c1)c1oc(=O)c(Sc3cccc(F)c3)c(O)c1c(=O)n2Cc1ccc(F)cc1.Cc1cnc2c(c1)c1oc(=O)c(Sc3ccccc3)c(O)c1c(=O)n2Cc1ccc(F)cc1. The van der Waals surface area contributed by atoms with Gasteiger partial charge in [0, 0.05) is 49.4 Å². The molecule has 0 aliphatic rings. The van der Waals surface area contributed by atoms with Crippen molar-refractivity contribution in [3.8, 4) is 23.0 Å². The Hall–Kier alpha value is -15.5. The molecular weight excluding hydrogens is 1850 g/mol. The molecule has 20 rings (SSSR count). The second-order valence-corrected chi connectivity index (χ2v) is 35.6. The molecule has 0 saturated heterocycles. The van der Waals surface area contributed by atoms with Crippen LogP contribution in [0, 0.1) is 62.6 Å². The number of fused-ring (bicyclic) bond motifs is 12. The molecule has 0 atom stereocenters. The van der Waals surface area contributed by atoms with E-state index < -0.39 is 96.8 Å². The van der Waals surface area contributed by atoms with Crippen molar-refractivity contribution < 1.29 is 64.4 Å². The average molecular weight is 1910 g/mol. The first-order valence-electron chi connectivity index (χ1n) is 40.6. The maximum absolute atomic E-state index is 13.6. The van der Waals surface area contributed by atoms with Gasteiger partial charge in [0.15, 0.2) is 45.3 Å². The van der Waals surface area contributed by atoms with Gasteiger partial charge < -0.3 is 38.1 Å². The molecule has 0 fully saturated rings. The summed E-state index contributed by atoms with van der Waals surface area (Å²) in [6.45, 7) is 7.51. The Morgan fingerprint density at radius 3 is 0.807 bits per heavy atom. The molecule has 0 spiro atoms. The van der Waals surface area contributed by atoms with Gasteiger partial charge in [0.2, 0.25) is 0 Å². The minimum atomic E-state index is -0.863. The number of hydrogen-bond acceptors (Lipinski definition) is 24. The van der Waals surface area contributed by atoms with Crippen LogP contribution in [0.25, 0.3) is 88.0 Å². The van der Waals surface area contributed by atoms with Gasteiger partial charge in [-0.05, 0) is 218 Å². The third-order valence-corrected chi connectivity index (χ3v) is 25.6. The highest BCUT2D eigenvalue weighted by molar-refractivity contribution is 8.00. The molecule has 674 valence electrons. The van der Waals surface area contributed by atoms with Crippen LogP contribution in [-0.4, -0.2) is 58.6 Å². The smallest absolute Gasteiger partial charge is 0.354 e. The Labute approximate surface area is 777 Å². The summed E-state index contributed by atoms with van der Waals surface area (Å²) in [7, 11) is 0. The van der Waals surface area contributed by atoms with Gasteiger partial charge in [-0.25, -0.2) is 65.5 Å². The Kier molecular flexibility index (Phi) is 26.0. The first-order valence-corrected chi connectivity index (χ1v) is 44.3. The van der Waals surface area contributed by atoms with E-state index in [1.54, 1.807) is 166 Å². The van der Waals surface area contributed by atoms with Gasteiger partial charge in [0.05, 0.1) is 47.7 Å². The van der Waals surface area contributed by atoms with Crippen LogP contribution in [0.4, 0.5) is 26.3 Å². The largest absolute Gasteiger partial charge is 0.505 e. The lowest BCUT2D eigenvalue weighted by Crippen LogP contribution is -2.23. The summed E-state index contributed by atoms with van der Waals surface area (Å²) in [4.78, 5) is 124. The van der Waals surface area contributed by atoms with Gasteiger partial charge in [-0.3, -0.25) is 37.4 Å². The van der Waals surface area contributed by atoms with Crippen molar-refractivity contribution in [2.24, 2.45) is 0 Å². The molecule has 0 saturated carbocycles. The highest BCUT2D eigenvalue weighted by Crippen LogP contribution is 2.43. The van der Waals surface area contributed by atoms with E-state index in [0.717, 1.165) is 69.3 Å². The number of nitrogens with zero attached hydrogens (tertiary/aromatic N) is 8. The van der Waals surface area contributed by atoms with E-state index in [9.17, 15) is 85.1 Å². The predicted octanol–water partition coefficient (Wildman–Crippen LogP) is 20.4. The molecule has 8 aromatic carbocycles. The quantitative estimate of drug-likeness (QED) is 0.0516. The zero-order valence-corrected chi connectivity index (χ0v) is 74.6. The highest BCUT2D eigenvalue weighted by Gasteiger charge is 2.30. The van der Waals surface area contributed by atoms with E-state index in [-0.39, 0.29) is 112 Å². The van der Waals surface area contributed by atoms with E-state index in [0.29, 0.717) is 74.1 Å².